The first kappa shape index (κ1) is 11.5. The average Bonchev–Trinajstić information content (AvgIpc) is 2.95. The topological polar surface area (TPSA) is 77.9 Å². The van der Waals surface area contributed by atoms with Crippen LogP contribution in [0.15, 0.2) is 23.0 Å². The molecule has 0 aliphatic carbocycles. The number of nitrogens with one attached hydrogen (secondary N) is 2. The Morgan fingerprint density at radius 2 is 1.94 bits per heavy atom. The van der Waals surface area contributed by atoms with Crippen LogP contribution in [0.25, 0.3) is 11.0 Å². The van der Waals surface area contributed by atoms with E-state index in [0.717, 1.165) is 36.2 Å². The van der Waals surface area contributed by atoms with Crippen molar-refractivity contribution in [2.75, 3.05) is 19.6 Å². The molecule has 0 bridgehead atoms. The first-order valence-corrected chi connectivity index (χ1v) is 6.42. The molecule has 5 nitrogen and oxygen atoms in total. The molecule has 1 saturated heterocycles. The zero-order valence-electron chi connectivity index (χ0n) is 10.3. The van der Waals surface area contributed by atoms with Gasteiger partial charge in [-0.1, -0.05) is 6.07 Å². The Hall–Kier alpha value is -1.59. The SMILES string of the molecule is NC(CN1CCCC1)c1ccc2[nH]c(=O)[nH]c2c1. The van der Waals surface area contributed by atoms with E-state index in [1.54, 1.807) is 0 Å². The summed E-state index contributed by atoms with van der Waals surface area (Å²) in [5.74, 6) is 0. The maximum atomic E-state index is 11.2. The van der Waals surface area contributed by atoms with Crippen molar-refractivity contribution in [2.24, 2.45) is 5.73 Å². The van der Waals surface area contributed by atoms with Gasteiger partial charge in [-0.2, -0.15) is 0 Å². The summed E-state index contributed by atoms with van der Waals surface area (Å²) in [5.41, 5.74) is 8.79. The number of aromatic amines is 2. The highest BCUT2D eigenvalue weighted by atomic mass is 16.1. The lowest BCUT2D eigenvalue weighted by Crippen LogP contribution is -2.29. The van der Waals surface area contributed by atoms with Gasteiger partial charge in [0.05, 0.1) is 11.0 Å². The molecule has 0 radical (unpaired) electrons. The average molecular weight is 246 g/mol. The number of hydrogen-bond acceptors (Lipinski definition) is 3. The number of aromatic nitrogens is 2. The van der Waals surface area contributed by atoms with Gasteiger partial charge in [0.2, 0.25) is 0 Å². The second-order valence-corrected chi connectivity index (χ2v) is 5.00. The van der Waals surface area contributed by atoms with Crippen molar-refractivity contribution < 1.29 is 0 Å². The molecule has 5 heteroatoms. The minimum Gasteiger partial charge on any atom is -0.323 e. The number of H-pyrrole nitrogens is 2. The molecule has 0 saturated carbocycles. The van der Waals surface area contributed by atoms with Crippen LogP contribution in [0.5, 0.6) is 0 Å². The third-order valence-electron chi connectivity index (χ3n) is 3.62. The van der Waals surface area contributed by atoms with E-state index in [1.807, 2.05) is 18.2 Å². The molecule has 0 spiro atoms. The van der Waals surface area contributed by atoms with Crippen molar-refractivity contribution in [3.63, 3.8) is 0 Å². The van der Waals surface area contributed by atoms with E-state index >= 15 is 0 Å². The smallest absolute Gasteiger partial charge is 0.323 e. The lowest BCUT2D eigenvalue weighted by atomic mass is 10.1. The van der Waals surface area contributed by atoms with Gasteiger partial charge >= 0.3 is 5.69 Å². The van der Waals surface area contributed by atoms with Gasteiger partial charge in [-0.15, -0.1) is 0 Å². The molecule has 1 aliphatic heterocycles. The summed E-state index contributed by atoms with van der Waals surface area (Å²) in [5, 5.41) is 0. The summed E-state index contributed by atoms with van der Waals surface area (Å²) in [7, 11) is 0. The van der Waals surface area contributed by atoms with Crippen LogP contribution < -0.4 is 11.4 Å². The Kier molecular flexibility index (Phi) is 2.93. The normalized spacial score (nSPS) is 18.5. The Balaban J connectivity index is 1.81. The summed E-state index contributed by atoms with van der Waals surface area (Å²) < 4.78 is 0. The molecule has 4 N–H and O–H groups in total. The number of fused-ring (bicyclic) bond motifs is 1. The maximum Gasteiger partial charge on any atom is 0.323 e. The molecule has 1 aromatic heterocycles. The van der Waals surface area contributed by atoms with Crippen molar-refractivity contribution in [3.05, 3.63) is 34.2 Å². The van der Waals surface area contributed by atoms with Gasteiger partial charge in [-0.3, -0.25) is 0 Å². The molecule has 2 heterocycles. The van der Waals surface area contributed by atoms with E-state index in [9.17, 15) is 4.79 Å². The zero-order chi connectivity index (χ0) is 12.5. The highest BCUT2D eigenvalue weighted by molar-refractivity contribution is 5.75. The number of imidazole rings is 1. The predicted octanol–water partition coefficient (Wildman–Crippen LogP) is 0.952. The second kappa shape index (κ2) is 4.59. The van der Waals surface area contributed by atoms with E-state index < -0.39 is 0 Å². The van der Waals surface area contributed by atoms with E-state index in [2.05, 4.69) is 14.9 Å². The molecule has 1 fully saturated rings. The van der Waals surface area contributed by atoms with Crippen molar-refractivity contribution in [1.82, 2.24) is 14.9 Å². The van der Waals surface area contributed by atoms with Crippen LogP contribution in [0.2, 0.25) is 0 Å². The quantitative estimate of drug-likeness (QED) is 0.754. The van der Waals surface area contributed by atoms with Crippen LogP contribution in [0.1, 0.15) is 24.4 Å². The van der Waals surface area contributed by atoms with Gasteiger partial charge in [0.15, 0.2) is 0 Å². The molecule has 0 amide bonds. The Morgan fingerprint density at radius 3 is 2.72 bits per heavy atom. The van der Waals surface area contributed by atoms with Crippen LogP contribution in [-0.4, -0.2) is 34.5 Å². The van der Waals surface area contributed by atoms with E-state index in [4.69, 9.17) is 5.73 Å². The van der Waals surface area contributed by atoms with Gasteiger partial charge in [-0.25, -0.2) is 4.79 Å². The molecule has 18 heavy (non-hydrogen) atoms. The van der Waals surface area contributed by atoms with Crippen molar-refractivity contribution >= 4 is 11.0 Å². The van der Waals surface area contributed by atoms with E-state index in [0.29, 0.717) is 0 Å². The first-order valence-electron chi connectivity index (χ1n) is 6.42. The summed E-state index contributed by atoms with van der Waals surface area (Å²) >= 11 is 0. The van der Waals surface area contributed by atoms with Crippen LogP contribution in [0.3, 0.4) is 0 Å². The molecule has 96 valence electrons. The summed E-state index contributed by atoms with van der Waals surface area (Å²) in [6.07, 6.45) is 2.55. The fourth-order valence-electron chi connectivity index (χ4n) is 2.63. The minimum atomic E-state index is -0.171. The van der Waals surface area contributed by atoms with Crippen molar-refractivity contribution in [2.45, 2.75) is 18.9 Å². The van der Waals surface area contributed by atoms with Crippen LogP contribution in [0.4, 0.5) is 0 Å². The van der Waals surface area contributed by atoms with E-state index in [1.165, 1.54) is 12.8 Å². The fraction of sp³-hybridized carbons (Fsp3) is 0.462. The fourth-order valence-corrected chi connectivity index (χ4v) is 2.63. The summed E-state index contributed by atoms with van der Waals surface area (Å²) in [4.78, 5) is 19.1. The molecule has 1 atom stereocenters. The predicted molar refractivity (Wildman–Crippen MR) is 71.5 cm³/mol. The molecule has 1 aromatic carbocycles. The van der Waals surface area contributed by atoms with Crippen molar-refractivity contribution in [1.29, 1.82) is 0 Å². The standard InChI is InChI=1S/C13H18N4O/c14-10(8-17-5-1-2-6-17)9-3-4-11-12(7-9)16-13(18)15-11/h3-4,7,10H,1-2,5-6,8,14H2,(H2,15,16,18). The lowest BCUT2D eigenvalue weighted by Gasteiger charge is -2.20. The van der Waals surface area contributed by atoms with Crippen LogP contribution in [-0.2, 0) is 0 Å². The van der Waals surface area contributed by atoms with Crippen molar-refractivity contribution in [3.8, 4) is 0 Å². The Morgan fingerprint density at radius 1 is 1.22 bits per heavy atom. The number of rotatable bonds is 3. The minimum absolute atomic E-state index is 0.00546. The highest BCUT2D eigenvalue weighted by Gasteiger charge is 2.16. The summed E-state index contributed by atoms with van der Waals surface area (Å²) in [6, 6.07) is 5.87. The Bertz CT molecular complexity index is 594. The molecule has 2 aromatic rings. The Labute approximate surface area is 105 Å². The van der Waals surface area contributed by atoms with Gasteiger partial charge in [0.1, 0.15) is 0 Å². The largest absolute Gasteiger partial charge is 0.323 e. The van der Waals surface area contributed by atoms with Crippen LogP contribution in [0, 0.1) is 0 Å². The molecule has 3 rings (SSSR count). The van der Waals surface area contributed by atoms with Gasteiger partial charge in [-0.05, 0) is 43.6 Å². The summed E-state index contributed by atoms with van der Waals surface area (Å²) in [6.45, 7) is 3.19. The number of likely N-dealkylation sites (tertiary alicyclic amines) is 1. The van der Waals surface area contributed by atoms with Gasteiger partial charge in [0.25, 0.3) is 0 Å². The van der Waals surface area contributed by atoms with Gasteiger partial charge < -0.3 is 20.6 Å². The van der Waals surface area contributed by atoms with Crippen LogP contribution >= 0.6 is 0 Å². The number of benzene rings is 1. The lowest BCUT2D eigenvalue weighted by molar-refractivity contribution is 0.316. The second-order valence-electron chi connectivity index (χ2n) is 5.00. The molecule has 1 unspecified atom stereocenters. The number of nitrogens with zero attached hydrogens (tertiary/aromatic N) is 1. The monoisotopic (exact) mass is 246 g/mol. The zero-order valence-corrected chi connectivity index (χ0v) is 10.3. The van der Waals surface area contributed by atoms with Gasteiger partial charge in [0, 0.05) is 12.6 Å². The number of nitrogens with two attached hydrogens (primary N) is 1. The third-order valence-corrected chi connectivity index (χ3v) is 3.62. The third kappa shape index (κ3) is 2.19. The molecule has 1 aliphatic rings. The van der Waals surface area contributed by atoms with E-state index in [-0.39, 0.29) is 11.7 Å². The first-order chi connectivity index (χ1) is 8.72. The molecular formula is C13H18N4O. The highest BCUT2D eigenvalue weighted by Crippen LogP contribution is 2.18. The maximum absolute atomic E-state index is 11.2. The number of hydrogen-bond donors (Lipinski definition) is 3. The molecular weight excluding hydrogens is 228 g/mol.